The van der Waals surface area contributed by atoms with Crippen molar-refractivity contribution in [1.82, 2.24) is 0 Å². The molecule has 11 heteroatoms. The van der Waals surface area contributed by atoms with E-state index in [1.54, 1.807) is 48.5 Å². The van der Waals surface area contributed by atoms with E-state index in [2.05, 4.69) is 55.4 Å². The third kappa shape index (κ3) is 13.7. The summed E-state index contributed by atoms with van der Waals surface area (Å²) in [6.07, 6.45) is 0. The van der Waals surface area contributed by atoms with Gasteiger partial charge in [0, 0.05) is 0 Å². The summed E-state index contributed by atoms with van der Waals surface area (Å²) in [5, 5.41) is 0. The van der Waals surface area contributed by atoms with Gasteiger partial charge in [0.05, 0.1) is 0 Å². The van der Waals surface area contributed by atoms with Gasteiger partial charge in [-0.25, -0.2) is 9.13 Å². The first kappa shape index (κ1) is 40.4. The molecule has 0 aliphatic rings. The Hall–Kier alpha value is -2.77. The molecular weight excluding hydrogens is 647 g/mol. The number of hydrogen-bond acceptors (Lipinski definition) is 8. The van der Waals surface area contributed by atoms with Gasteiger partial charge in [-0.05, 0) is 94.5 Å². The molecule has 0 aliphatic carbocycles. The van der Waals surface area contributed by atoms with Crippen molar-refractivity contribution in [3.8, 4) is 23.0 Å². The molecule has 0 heterocycles. The van der Waals surface area contributed by atoms with Crippen LogP contribution in [0.3, 0.4) is 0 Å². The molecule has 4 aromatic carbocycles. The molecule has 0 amide bonds. The molecule has 4 aromatic rings. The molecule has 0 saturated heterocycles. The average molecular weight is 691 g/mol. The zero-order chi connectivity index (χ0) is 34.1. The minimum absolute atomic E-state index is 0. The Bertz CT molecular complexity index is 1370. The second-order valence-corrected chi connectivity index (χ2v) is 14.7. The van der Waals surface area contributed by atoms with Gasteiger partial charge >= 0.3 is 38.7 Å². The summed E-state index contributed by atoms with van der Waals surface area (Å²) >= 11 is 0. The van der Waals surface area contributed by atoms with Crippen LogP contribution in [0, 0.1) is 0 Å². The zero-order valence-corrected chi connectivity index (χ0v) is 31.6. The topological polar surface area (TPSA) is 117 Å². The summed E-state index contributed by atoms with van der Waals surface area (Å²) < 4.78 is 44.0. The maximum atomic E-state index is 12.0. The van der Waals surface area contributed by atoms with E-state index in [9.17, 15) is 18.9 Å². The molecule has 0 aromatic heterocycles. The van der Waals surface area contributed by atoms with Crippen molar-refractivity contribution in [3.05, 3.63) is 119 Å². The maximum absolute atomic E-state index is 12.0. The Morgan fingerprint density at radius 2 is 0.532 bits per heavy atom. The molecule has 0 fully saturated rings. The first-order chi connectivity index (χ1) is 21.5. The molecule has 248 valence electrons. The molecule has 0 aliphatic heterocycles. The van der Waals surface area contributed by atoms with Gasteiger partial charge in [-0.3, -0.25) is 0 Å². The van der Waals surface area contributed by atoms with Crippen LogP contribution in [0.25, 0.3) is 0 Å². The standard InChI is InChI=1S/2C18H23O4P.Mg/c2*1-13(2)15-5-9-17(10-6-15)21-23(19,20)22-18-11-7-16(8-12-18)14(3)4;/h2*5-14H,1-4H3,(H,19,20);/q;;+2/p-2. The average Bonchev–Trinajstić information content (AvgIpc) is 2.97. The SMILES string of the molecule is CC(C)c1ccc(OP(=O)([O-])Oc2ccc(C(C)C)cc2)cc1.CC(C)c1ccc(OP(=O)([O-])Oc2ccc(C(C)C)cc2)cc1.[Mg+2]. The number of phosphoric ester groups is 2. The van der Waals surface area contributed by atoms with E-state index in [1.807, 2.05) is 48.5 Å². The van der Waals surface area contributed by atoms with Crippen molar-refractivity contribution in [2.45, 2.75) is 79.1 Å². The zero-order valence-electron chi connectivity index (χ0n) is 28.4. The first-order valence-electron chi connectivity index (χ1n) is 15.3. The smallest absolute Gasteiger partial charge is 0.736 e. The molecule has 0 N–H and O–H groups in total. The van der Waals surface area contributed by atoms with Crippen LogP contribution in [-0.2, 0) is 9.13 Å². The molecule has 0 atom stereocenters. The second-order valence-electron chi connectivity index (χ2n) is 12.2. The Balaban J connectivity index is 0.000000320. The normalized spacial score (nSPS) is 11.5. The minimum Gasteiger partial charge on any atom is -0.736 e. The molecule has 47 heavy (non-hydrogen) atoms. The fourth-order valence-corrected chi connectivity index (χ4v) is 5.80. The Morgan fingerprint density at radius 1 is 0.383 bits per heavy atom. The Kier molecular flexibility index (Phi) is 15.6. The number of rotatable bonds is 12. The van der Waals surface area contributed by atoms with Crippen LogP contribution < -0.4 is 27.9 Å². The largest absolute Gasteiger partial charge is 2.00 e. The molecule has 4 rings (SSSR count). The van der Waals surface area contributed by atoms with Crippen LogP contribution in [0.4, 0.5) is 0 Å². The van der Waals surface area contributed by atoms with Gasteiger partial charge in [0.1, 0.15) is 23.0 Å². The number of hydrogen-bond donors (Lipinski definition) is 0. The fraction of sp³-hybridized carbons (Fsp3) is 0.333. The summed E-state index contributed by atoms with van der Waals surface area (Å²) in [5.41, 5.74) is 4.46. The van der Waals surface area contributed by atoms with Crippen LogP contribution in [0.5, 0.6) is 23.0 Å². The van der Waals surface area contributed by atoms with Gasteiger partial charge < -0.3 is 27.9 Å². The van der Waals surface area contributed by atoms with Crippen molar-refractivity contribution >= 4 is 38.7 Å². The van der Waals surface area contributed by atoms with E-state index in [0.717, 1.165) is 22.3 Å². The summed E-state index contributed by atoms with van der Waals surface area (Å²) in [6.45, 7) is 16.5. The molecule has 0 unspecified atom stereocenters. The van der Waals surface area contributed by atoms with Crippen molar-refractivity contribution < 1.29 is 37.0 Å². The van der Waals surface area contributed by atoms with Gasteiger partial charge in [0.25, 0.3) is 0 Å². The molecule has 8 nitrogen and oxygen atoms in total. The molecule has 0 saturated carbocycles. The molecule has 0 radical (unpaired) electrons. The van der Waals surface area contributed by atoms with Crippen molar-refractivity contribution in [2.75, 3.05) is 0 Å². The summed E-state index contributed by atoms with van der Waals surface area (Å²) in [5.74, 6) is 2.46. The van der Waals surface area contributed by atoms with Gasteiger partial charge in [-0.2, -0.15) is 0 Å². The number of phosphoric acid groups is 2. The molecule has 0 bridgehead atoms. The van der Waals surface area contributed by atoms with Crippen LogP contribution in [0.2, 0.25) is 0 Å². The predicted octanol–water partition coefficient (Wildman–Crippen LogP) is 9.34. The minimum atomic E-state index is -4.46. The van der Waals surface area contributed by atoms with E-state index in [0.29, 0.717) is 23.7 Å². The molecular formula is C36H44MgO8P2. The van der Waals surface area contributed by atoms with Gasteiger partial charge in [-0.15, -0.1) is 0 Å². The fourth-order valence-electron chi connectivity index (χ4n) is 4.21. The quantitative estimate of drug-likeness (QED) is 0.107. The summed E-state index contributed by atoms with van der Waals surface area (Å²) in [6, 6.07) is 27.8. The van der Waals surface area contributed by atoms with E-state index in [4.69, 9.17) is 18.1 Å². The van der Waals surface area contributed by atoms with Gasteiger partial charge in [-0.1, -0.05) is 104 Å². The van der Waals surface area contributed by atoms with Crippen LogP contribution >= 0.6 is 15.6 Å². The van der Waals surface area contributed by atoms with E-state index < -0.39 is 15.6 Å². The predicted molar refractivity (Wildman–Crippen MR) is 186 cm³/mol. The summed E-state index contributed by atoms with van der Waals surface area (Å²) in [4.78, 5) is 24.0. The van der Waals surface area contributed by atoms with Gasteiger partial charge in [0.15, 0.2) is 0 Å². The third-order valence-corrected chi connectivity index (χ3v) is 8.79. The van der Waals surface area contributed by atoms with E-state index in [-0.39, 0.29) is 46.1 Å². The van der Waals surface area contributed by atoms with E-state index in [1.165, 1.54) is 0 Å². The van der Waals surface area contributed by atoms with Crippen molar-refractivity contribution in [3.63, 3.8) is 0 Å². The van der Waals surface area contributed by atoms with Crippen molar-refractivity contribution in [1.29, 1.82) is 0 Å². The Labute approximate surface area is 295 Å². The van der Waals surface area contributed by atoms with Crippen LogP contribution in [-0.4, -0.2) is 23.1 Å². The van der Waals surface area contributed by atoms with Crippen molar-refractivity contribution in [2.24, 2.45) is 0 Å². The maximum Gasteiger partial charge on any atom is 2.00 e. The Morgan fingerprint density at radius 3 is 0.660 bits per heavy atom. The van der Waals surface area contributed by atoms with Crippen LogP contribution in [0.1, 0.15) is 101 Å². The second kappa shape index (κ2) is 18.1. The molecule has 0 spiro atoms. The van der Waals surface area contributed by atoms with Crippen LogP contribution in [0.15, 0.2) is 97.1 Å². The van der Waals surface area contributed by atoms with E-state index >= 15 is 0 Å². The third-order valence-electron chi connectivity index (χ3n) is 7.06. The van der Waals surface area contributed by atoms with Gasteiger partial charge in [0.2, 0.25) is 0 Å². The summed E-state index contributed by atoms with van der Waals surface area (Å²) in [7, 11) is -8.93. The monoisotopic (exact) mass is 690 g/mol. The first-order valence-corrected chi connectivity index (χ1v) is 18.3. The number of benzene rings is 4.